The number of anilines is 1. The lowest BCUT2D eigenvalue weighted by Crippen LogP contribution is -2.54. The molecule has 62 heavy (non-hydrogen) atoms. The van der Waals surface area contributed by atoms with Gasteiger partial charge < -0.3 is 51.9 Å². The van der Waals surface area contributed by atoms with Crippen molar-refractivity contribution < 1.29 is 43.3 Å². The lowest BCUT2D eigenvalue weighted by Gasteiger charge is -2.26. The Bertz CT molecular complexity index is 2290. The highest BCUT2D eigenvalue weighted by molar-refractivity contribution is 7.98. The van der Waals surface area contributed by atoms with Crippen LogP contribution in [0.3, 0.4) is 0 Å². The molecule has 2 aromatic heterocycles. The van der Waals surface area contributed by atoms with Crippen LogP contribution in [0, 0.1) is 22.7 Å². The highest BCUT2D eigenvalue weighted by Crippen LogP contribution is 2.37. The summed E-state index contributed by atoms with van der Waals surface area (Å²) in [6.45, 7) is 4.83. The number of aliphatic hydroxyl groups is 2. The number of benzene rings is 2. The minimum absolute atomic E-state index is 0.0341. The van der Waals surface area contributed by atoms with Crippen molar-refractivity contribution >= 4 is 52.9 Å². The second-order valence-corrected chi connectivity index (χ2v) is 15.8. The van der Waals surface area contributed by atoms with Crippen LogP contribution in [0.1, 0.15) is 62.9 Å². The Balaban J connectivity index is 1.50. The highest BCUT2D eigenvalue weighted by atomic mass is 35.5. The van der Waals surface area contributed by atoms with E-state index in [4.69, 9.17) is 42.7 Å². The van der Waals surface area contributed by atoms with Gasteiger partial charge in [0.1, 0.15) is 47.5 Å². The van der Waals surface area contributed by atoms with Crippen molar-refractivity contribution in [1.29, 1.82) is 10.5 Å². The molecule has 0 aliphatic heterocycles. The van der Waals surface area contributed by atoms with Gasteiger partial charge in [0.15, 0.2) is 12.1 Å². The number of ether oxygens (including phenoxy) is 2. The van der Waals surface area contributed by atoms with Crippen molar-refractivity contribution in [3.8, 4) is 34.7 Å². The maximum absolute atomic E-state index is 13.2. The zero-order chi connectivity index (χ0) is 45.7. The first kappa shape index (κ1) is 48.6. The molecular formula is C42H48ClN9O9S. The number of pyridine rings is 1. The molecule has 0 aliphatic rings. The van der Waals surface area contributed by atoms with E-state index in [0.717, 1.165) is 11.1 Å². The molecule has 0 radical (unpaired) electrons. The molecule has 0 spiro atoms. The van der Waals surface area contributed by atoms with E-state index in [-0.39, 0.29) is 29.1 Å². The molecule has 0 saturated heterocycles. The molecule has 0 bridgehead atoms. The number of aromatic nitrogens is 2. The molecular weight excluding hydrogens is 842 g/mol. The van der Waals surface area contributed by atoms with E-state index < -0.39 is 72.8 Å². The number of hydrogen-bond acceptors (Lipinski definition) is 17. The van der Waals surface area contributed by atoms with Gasteiger partial charge in [-0.3, -0.25) is 9.59 Å². The average Bonchev–Trinajstić information content (AvgIpc) is 3.71. The number of carbonyl (C=O) groups excluding carboxylic acids is 4. The van der Waals surface area contributed by atoms with Crippen molar-refractivity contribution in [3.05, 3.63) is 82.2 Å². The van der Waals surface area contributed by atoms with Gasteiger partial charge in [0.2, 0.25) is 17.7 Å². The lowest BCUT2D eigenvalue weighted by molar-refractivity contribution is -0.166. The Hall–Kier alpha value is -6.06. The van der Waals surface area contributed by atoms with Gasteiger partial charge >= 0.3 is 11.9 Å². The maximum Gasteiger partial charge on any atom is 0.331 e. The van der Waals surface area contributed by atoms with Crippen LogP contribution in [0.5, 0.6) is 0 Å². The second-order valence-electron chi connectivity index (χ2n) is 14.4. The quantitative estimate of drug-likeness (QED) is 0.0495. The molecule has 20 heteroatoms. The predicted octanol–water partition coefficient (Wildman–Crippen LogP) is 2.88. The molecule has 7 atom stereocenters. The molecule has 10 N–H and O–H groups in total. The van der Waals surface area contributed by atoms with Crippen molar-refractivity contribution in [2.75, 3.05) is 12.3 Å². The first-order valence-corrected chi connectivity index (χ1v) is 20.7. The van der Waals surface area contributed by atoms with Crippen LogP contribution in [0.15, 0.2) is 64.2 Å². The molecule has 0 saturated carbocycles. The van der Waals surface area contributed by atoms with Gasteiger partial charge in [-0.2, -0.15) is 10.5 Å². The van der Waals surface area contributed by atoms with E-state index in [0.29, 0.717) is 45.6 Å². The van der Waals surface area contributed by atoms with E-state index >= 15 is 0 Å². The Kier molecular flexibility index (Phi) is 17.8. The number of aliphatic hydroxyl groups excluding tert-OH is 2. The fourth-order valence-corrected chi connectivity index (χ4v) is 6.80. The predicted molar refractivity (Wildman–Crippen MR) is 228 cm³/mol. The van der Waals surface area contributed by atoms with Crippen LogP contribution in [-0.4, -0.2) is 93.0 Å². The van der Waals surface area contributed by atoms with Crippen LogP contribution in [-0.2, 0) is 40.8 Å². The first-order valence-electron chi connectivity index (χ1n) is 19.3. The number of thioether (sulfide) groups is 1. The number of aryl methyl sites for hydroxylation is 1. The average molecular weight is 890 g/mol. The van der Waals surface area contributed by atoms with Gasteiger partial charge in [0, 0.05) is 21.9 Å². The Labute approximate surface area is 367 Å². The summed E-state index contributed by atoms with van der Waals surface area (Å²) in [7, 11) is 0. The van der Waals surface area contributed by atoms with E-state index in [1.165, 1.54) is 45.7 Å². The van der Waals surface area contributed by atoms with Crippen molar-refractivity contribution in [2.45, 2.75) is 100 Å². The zero-order valence-corrected chi connectivity index (χ0v) is 35.9. The molecule has 2 heterocycles. The third kappa shape index (κ3) is 13.2. The summed E-state index contributed by atoms with van der Waals surface area (Å²) >= 11 is 7.20. The Morgan fingerprint density at radius 2 is 1.42 bits per heavy atom. The summed E-state index contributed by atoms with van der Waals surface area (Å²) in [5.74, 6) is -2.84. The molecule has 4 aromatic rings. The number of nitrogens with one attached hydrogen (secondary N) is 2. The van der Waals surface area contributed by atoms with Crippen LogP contribution >= 0.6 is 23.4 Å². The number of halogens is 1. The topological polar surface area (TPSA) is 316 Å². The summed E-state index contributed by atoms with van der Waals surface area (Å²) in [6, 6.07) is 13.4. The number of rotatable bonds is 20. The normalized spacial score (nSPS) is 14.4. The van der Waals surface area contributed by atoms with E-state index in [1.54, 1.807) is 48.5 Å². The standard InChI is InChI=1S/C42H48ClN9O9S/c1-21(46)37(55)50-34(23(3)53)41(57)60-19-30(61-42(58)35(24(4)54)51-38(56)22(2)47)7-5-6-25-8-10-26(11-9-25)33-31(16-44)36(48)52-40(32(33)17-45)62-20-29-18-59-39(49-29)27-12-14-28(43)15-13-27/h8-15,18,21-24,30,34-35,53-54H,5-7,19-20,46-47H2,1-4H3,(H2,48,52)(H,50,55)(H,51,56). The zero-order valence-electron chi connectivity index (χ0n) is 34.3. The number of nitrogens with zero attached hydrogens (tertiary/aromatic N) is 4. The monoisotopic (exact) mass is 889 g/mol. The van der Waals surface area contributed by atoms with Crippen LogP contribution < -0.4 is 27.8 Å². The molecule has 2 aromatic carbocycles. The summed E-state index contributed by atoms with van der Waals surface area (Å²) in [6.07, 6.45) is -1.45. The van der Waals surface area contributed by atoms with Crippen LogP contribution in [0.2, 0.25) is 5.02 Å². The van der Waals surface area contributed by atoms with Crippen LogP contribution in [0.4, 0.5) is 5.82 Å². The molecule has 7 unspecified atom stereocenters. The lowest BCUT2D eigenvalue weighted by atomic mass is 9.95. The number of nitrogens with two attached hydrogens (primary N) is 3. The summed E-state index contributed by atoms with van der Waals surface area (Å²) < 4.78 is 16.6. The molecule has 2 amide bonds. The molecule has 0 aliphatic carbocycles. The minimum atomic E-state index is -1.50. The fraction of sp³-hybridized carbons (Fsp3) is 0.381. The third-order valence-corrected chi connectivity index (χ3v) is 10.5. The number of nitriles is 2. The third-order valence-electron chi connectivity index (χ3n) is 9.24. The van der Waals surface area contributed by atoms with Crippen molar-refractivity contribution in [2.24, 2.45) is 11.5 Å². The molecule has 328 valence electrons. The minimum Gasteiger partial charge on any atom is -0.460 e. The fourth-order valence-electron chi connectivity index (χ4n) is 5.80. The number of hydrogen-bond donors (Lipinski definition) is 7. The SMILES string of the molecule is CC(N)C(=O)NC(C(=O)OCC(CCCc1ccc(-c2c(C#N)c(N)nc(SCc3coc(-c4ccc(Cl)cc4)n3)c2C#N)cc1)OC(=O)C(NC(=O)C(C)N)C(C)O)C(C)O. The van der Waals surface area contributed by atoms with Gasteiger partial charge in [-0.05, 0) is 82.3 Å². The number of carbonyl (C=O) groups is 4. The Morgan fingerprint density at radius 3 is 1.97 bits per heavy atom. The Morgan fingerprint density at radius 1 is 0.855 bits per heavy atom. The van der Waals surface area contributed by atoms with Crippen molar-refractivity contribution in [3.63, 3.8) is 0 Å². The largest absolute Gasteiger partial charge is 0.460 e. The van der Waals surface area contributed by atoms with Gasteiger partial charge in [-0.1, -0.05) is 47.6 Å². The highest BCUT2D eigenvalue weighted by Gasteiger charge is 2.33. The molecule has 18 nitrogen and oxygen atoms in total. The number of oxazole rings is 1. The van der Waals surface area contributed by atoms with Gasteiger partial charge in [0.25, 0.3) is 0 Å². The smallest absolute Gasteiger partial charge is 0.331 e. The molecule has 4 rings (SSSR count). The van der Waals surface area contributed by atoms with Crippen molar-refractivity contribution in [1.82, 2.24) is 20.6 Å². The second kappa shape index (κ2) is 22.7. The van der Waals surface area contributed by atoms with Crippen LogP contribution in [0.25, 0.3) is 22.6 Å². The van der Waals surface area contributed by atoms with Gasteiger partial charge in [-0.15, -0.1) is 0 Å². The van der Waals surface area contributed by atoms with Gasteiger partial charge in [0.05, 0.1) is 35.5 Å². The first-order chi connectivity index (χ1) is 29.4. The number of esters is 2. The summed E-state index contributed by atoms with van der Waals surface area (Å²) in [5.41, 5.74) is 20.6. The van der Waals surface area contributed by atoms with E-state index in [2.05, 4.69) is 32.7 Å². The maximum atomic E-state index is 13.2. The summed E-state index contributed by atoms with van der Waals surface area (Å²) in [4.78, 5) is 59.6. The summed E-state index contributed by atoms with van der Waals surface area (Å²) in [5, 5.41) is 46.4. The number of nitrogen functional groups attached to an aromatic ring is 1. The van der Waals surface area contributed by atoms with Gasteiger partial charge in [-0.25, -0.2) is 19.6 Å². The van der Waals surface area contributed by atoms with E-state index in [1.807, 2.05) is 0 Å². The van der Waals surface area contributed by atoms with E-state index in [9.17, 15) is 39.9 Å². The molecule has 0 fully saturated rings. The number of amides is 2.